The smallest absolute Gasteiger partial charge is 0.165 e. The highest BCUT2D eigenvalue weighted by atomic mass is 19.1. The molecular weight excluding hydrogens is 278 g/mol. The van der Waals surface area contributed by atoms with Crippen LogP contribution in [0.5, 0.6) is 11.5 Å². The lowest BCUT2D eigenvalue weighted by atomic mass is 10.1. The maximum atomic E-state index is 13.6. The fraction of sp³-hybridized carbons (Fsp3) is 0.188. The maximum absolute atomic E-state index is 13.6. The minimum Gasteiger partial charge on any atom is -0.494 e. The van der Waals surface area contributed by atoms with Crippen molar-refractivity contribution in [3.63, 3.8) is 0 Å². The van der Waals surface area contributed by atoms with Gasteiger partial charge in [0.25, 0.3) is 0 Å². The van der Waals surface area contributed by atoms with Gasteiger partial charge in [0.05, 0.1) is 12.7 Å². The van der Waals surface area contributed by atoms with Crippen molar-refractivity contribution < 1.29 is 23.0 Å². The van der Waals surface area contributed by atoms with Gasteiger partial charge < -0.3 is 9.47 Å². The van der Waals surface area contributed by atoms with E-state index in [9.17, 15) is 13.6 Å². The molecule has 110 valence electrons. The summed E-state index contributed by atoms with van der Waals surface area (Å²) in [6.45, 7) is 1.39. The minimum absolute atomic E-state index is 0.0623. The van der Waals surface area contributed by atoms with Crippen molar-refractivity contribution in [1.29, 1.82) is 0 Å². The summed E-state index contributed by atoms with van der Waals surface area (Å²) in [5.41, 5.74) is 0.733. The van der Waals surface area contributed by atoms with Crippen LogP contribution in [0.15, 0.2) is 36.4 Å². The van der Waals surface area contributed by atoms with E-state index in [0.717, 1.165) is 6.07 Å². The number of carbonyl (C=O) groups excluding carboxylic acids is 1. The van der Waals surface area contributed by atoms with Crippen molar-refractivity contribution >= 4 is 5.78 Å². The lowest BCUT2D eigenvalue weighted by molar-refractivity contribution is 0.101. The molecule has 3 nitrogen and oxygen atoms in total. The number of benzene rings is 2. The largest absolute Gasteiger partial charge is 0.494 e. The monoisotopic (exact) mass is 292 g/mol. The summed E-state index contributed by atoms with van der Waals surface area (Å²) < 4.78 is 37.0. The Morgan fingerprint density at radius 2 is 1.81 bits per heavy atom. The molecule has 0 aromatic heterocycles. The number of Topliss-reactive ketones (excluding diaryl/α,β-unsaturated/α-hetero) is 1. The highest BCUT2D eigenvalue weighted by Crippen LogP contribution is 2.23. The quantitative estimate of drug-likeness (QED) is 0.787. The Kier molecular flexibility index (Phi) is 4.52. The summed E-state index contributed by atoms with van der Waals surface area (Å²) in [5.74, 6) is -0.900. The molecule has 0 saturated carbocycles. The Bertz CT molecular complexity index is 669. The molecule has 2 aromatic carbocycles. The van der Waals surface area contributed by atoms with Gasteiger partial charge in [-0.1, -0.05) is 6.07 Å². The van der Waals surface area contributed by atoms with Gasteiger partial charge in [0.2, 0.25) is 0 Å². The second-order valence-electron chi connectivity index (χ2n) is 4.45. The number of halogens is 2. The van der Waals surface area contributed by atoms with Crippen LogP contribution in [-0.2, 0) is 6.61 Å². The number of carbonyl (C=O) groups is 1. The van der Waals surface area contributed by atoms with Crippen LogP contribution >= 0.6 is 0 Å². The number of rotatable bonds is 5. The van der Waals surface area contributed by atoms with Gasteiger partial charge in [-0.25, -0.2) is 8.78 Å². The molecule has 0 spiro atoms. The number of hydrogen-bond donors (Lipinski definition) is 0. The van der Waals surface area contributed by atoms with Crippen molar-refractivity contribution in [1.82, 2.24) is 0 Å². The van der Waals surface area contributed by atoms with Crippen molar-refractivity contribution in [3.05, 3.63) is 59.2 Å². The molecule has 2 rings (SSSR count). The van der Waals surface area contributed by atoms with E-state index in [4.69, 9.17) is 9.47 Å². The van der Waals surface area contributed by atoms with E-state index in [2.05, 4.69) is 0 Å². The third-order valence-electron chi connectivity index (χ3n) is 2.93. The van der Waals surface area contributed by atoms with Crippen LogP contribution in [0.4, 0.5) is 8.78 Å². The van der Waals surface area contributed by atoms with E-state index in [1.165, 1.54) is 38.3 Å². The van der Waals surface area contributed by atoms with Crippen molar-refractivity contribution in [2.75, 3.05) is 7.11 Å². The highest BCUT2D eigenvalue weighted by molar-refractivity contribution is 5.96. The summed E-state index contributed by atoms with van der Waals surface area (Å²) in [5, 5.41) is 0. The van der Waals surface area contributed by atoms with E-state index in [1.807, 2.05) is 0 Å². The first-order valence-electron chi connectivity index (χ1n) is 6.27. The van der Waals surface area contributed by atoms with E-state index < -0.39 is 11.6 Å². The summed E-state index contributed by atoms with van der Waals surface area (Å²) in [4.78, 5) is 11.4. The molecule has 0 heterocycles. The molecule has 5 heteroatoms. The molecule has 2 aromatic rings. The summed E-state index contributed by atoms with van der Waals surface area (Å²) in [6, 6.07) is 8.13. The first-order chi connectivity index (χ1) is 10.0. The molecule has 0 unspecified atom stereocenters. The lowest BCUT2D eigenvalue weighted by Crippen LogP contribution is -2.03. The van der Waals surface area contributed by atoms with Gasteiger partial charge in [-0.2, -0.15) is 0 Å². The second kappa shape index (κ2) is 6.35. The normalized spacial score (nSPS) is 10.3. The predicted molar refractivity (Wildman–Crippen MR) is 73.7 cm³/mol. The molecule has 0 aliphatic rings. The fourth-order valence-corrected chi connectivity index (χ4v) is 1.86. The molecule has 0 bridgehead atoms. The first-order valence-corrected chi connectivity index (χ1v) is 6.27. The van der Waals surface area contributed by atoms with Gasteiger partial charge in [0.1, 0.15) is 18.2 Å². The van der Waals surface area contributed by atoms with Crippen LogP contribution in [-0.4, -0.2) is 12.9 Å². The average molecular weight is 292 g/mol. The van der Waals surface area contributed by atoms with Crippen LogP contribution in [0.1, 0.15) is 22.8 Å². The topological polar surface area (TPSA) is 35.5 Å². The standard InChI is InChI=1S/C16H14F2O3/c1-10(19)13-8-12(17)4-6-15(13)21-9-11-3-5-16(20-2)14(18)7-11/h3-8H,9H2,1-2H3. The van der Waals surface area contributed by atoms with Gasteiger partial charge in [0.15, 0.2) is 17.3 Å². The van der Waals surface area contributed by atoms with Crippen LogP contribution in [0.2, 0.25) is 0 Å². The zero-order chi connectivity index (χ0) is 15.4. The Labute approximate surface area is 121 Å². The number of ketones is 1. The minimum atomic E-state index is -0.511. The van der Waals surface area contributed by atoms with E-state index in [0.29, 0.717) is 5.56 Å². The van der Waals surface area contributed by atoms with E-state index in [1.54, 1.807) is 6.07 Å². The fourth-order valence-electron chi connectivity index (χ4n) is 1.86. The molecule has 0 atom stereocenters. The van der Waals surface area contributed by atoms with Gasteiger partial charge >= 0.3 is 0 Å². The lowest BCUT2D eigenvalue weighted by Gasteiger charge is -2.10. The molecule has 0 fully saturated rings. The third kappa shape index (κ3) is 3.56. The summed E-state index contributed by atoms with van der Waals surface area (Å²) in [6.07, 6.45) is 0. The molecule has 21 heavy (non-hydrogen) atoms. The van der Waals surface area contributed by atoms with Crippen LogP contribution in [0.3, 0.4) is 0 Å². The molecular formula is C16H14F2O3. The number of methoxy groups -OCH3 is 1. The third-order valence-corrected chi connectivity index (χ3v) is 2.93. The second-order valence-corrected chi connectivity index (χ2v) is 4.45. The summed E-state index contributed by atoms with van der Waals surface area (Å²) >= 11 is 0. The Morgan fingerprint density at radius 1 is 1.10 bits per heavy atom. The van der Waals surface area contributed by atoms with Crippen molar-refractivity contribution in [2.45, 2.75) is 13.5 Å². The number of ether oxygens (including phenoxy) is 2. The van der Waals surface area contributed by atoms with Gasteiger partial charge in [-0.15, -0.1) is 0 Å². The molecule has 0 saturated heterocycles. The average Bonchev–Trinajstić information content (AvgIpc) is 2.46. The SMILES string of the molecule is COc1ccc(COc2ccc(F)cc2C(C)=O)cc1F. The zero-order valence-corrected chi connectivity index (χ0v) is 11.7. The molecule has 0 amide bonds. The maximum Gasteiger partial charge on any atom is 0.165 e. The van der Waals surface area contributed by atoms with Gasteiger partial charge in [-0.3, -0.25) is 4.79 Å². The Hall–Kier alpha value is -2.43. The molecule has 0 aliphatic heterocycles. The predicted octanol–water partition coefficient (Wildman–Crippen LogP) is 3.76. The summed E-state index contributed by atoms with van der Waals surface area (Å²) in [7, 11) is 1.38. The van der Waals surface area contributed by atoms with Gasteiger partial charge in [-0.05, 0) is 42.8 Å². The Morgan fingerprint density at radius 3 is 2.43 bits per heavy atom. The van der Waals surface area contributed by atoms with E-state index in [-0.39, 0.29) is 29.5 Å². The molecule has 0 N–H and O–H groups in total. The molecule has 0 radical (unpaired) electrons. The zero-order valence-electron chi connectivity index (χ0n) is 11.7. The van der Waals surface area contributed by atoms with Crippen molar-refractivity contribution in [2.24, 2.45) is 0 Å². The first kappa shape index (κ1) is 15.0. The Balaban J connectivity index is 2.16. The van der Waals surface area contributed by atoms with Crippen LogP contribution in [0, 0.1) is 11.6 Å². The molecule has 0 aliphatic carbocycles. The highest BCUT2D eigenvalue weighted by Gasteiger charge is 2.11. The van der Waals surface area contributed by atoms with Crippen LogP contribution < -0.4 is 9.47 Å². The van der Waals surface area contributed by atoms with Gasteiger partial charge in [0, 0.05) is 0 Å². The van der Waals surface area contributed by atoms with E-state index >= 15 is 0 Å². The van der Waals surface area contributed by atoms with Crippen LogP contribution in [0.25, 0.3) is 0 Å². The number of hydrogen-bond acceptors (Lipinski definition) is 3. The van der Waals surface area contributed by atoms with Crippen molar-refractivity contribution in [3.8, 4) is 11.5 Å².